The number of anilines is 1. The summed E-state index contributed by atoms with van der Waals surface area (Å²) in [5, 5.41) is 22.6. The molecule has 9 heteroatoms. The molecule has 0 spiro atoms. The van der Waals surface area contributed by atoms with Gasteiger partial charge in [-0.25, -0.2) is 4.98 Å². The first-order valence-electron chi connectivity index (χ1n) is 8.36. The number of benzene rings is 1. The van der Waals surface area contributed by atoms with Crippen molar-refractivity contribution in [1.82, 2.24) is 4.98 Å². The van der Waals surface area contributed by atoms with Crippen LogP contribution < -0.4 is 10.4 Å². The normalized spacial score (nSPS) is 16.4. The van der Waals surface area contributed by atoms with Crippen molar-refractivity contribution >= 4 is 30.2 Å². The molecule has 27 heavy (non-hydrogen) atoms. The largest absolute Gasteiger partial charge is 0.535 e. The second kappa shape index (κ2) is 7.59. The molecule has 2 heterocycles. The minimum Gasteiger partial charge on any atom is -0.535 e. The van der Waals surface area contributed by atoms with Gasteiger partial charge in [0.1, 0.15) is 11.6 Å². The van der Waals surface area contributed by atoms with E-state index in [1.807, 2.05) is 0 Å². The Hall–Kier alpha value is -3.20. The lowest BCUT2D eigenvalue weighted by atomic mass is 9.64. The van der Waals surface area contributed by atoms with Crippen molar-refractivity contribution in [2.45, 2.75) is 25.6 Å². The summed E-state index contributed by atoms with van der Waals surface area (Å²) in [4.78, 5) is 28.3. The Bertz CT molecular complexity index is 931. The Balaban J connectivity index is 1.81. The molecule has 0 aliphatic carbocycles. The highest BCUT2D eigenvalue weighted by Gasteiger charge is 2.38. The number of carbonyl (C=O) groups is 2. The van der Waals surface area contributed by atoms with E-state index < -0.39 is 18.7 Å². The van der Waals surface area contributed by atoms with Gasteiger partial charge in [0.05, 0.1) is 11.3 Å². The summed E-state index contributed by atoms with van der Waals surface area (Å²) in [7, 11) is -1.27. The second-order valence-electron chi connectivity index (χ2n) is 6.35. The average Bonchev–Trinajstić information content (AvgIpc) is 2.62. The number of nitrogens with zero attached hydrogens (tertiary/aromatic N) is 2. The van der Waals surface area contributed by atoms with Gasteiger partial charge < -0.3 is 20.6 Å². The van der Waals surface area contributed by atoms with Gasteiger partial charge in [-0.3, -0.25) is 9.59 Å². The first-order chi connectivity index (χ1) is 12.9. The zero-order valence-electron chi connectivity index (χ0n) is 14.6. The number of Topliss-reactive ketones (excluding diaryl/α,β-unsaturated/α-hetero) is 2. The molecule has 138 valence electrons. The number of fused-ring (bicyclic) bond motifs is 1. The number of hydrogen-bond donors (Lipinski definition) is 3. The van der Waals surface area contributed by atoms with Crippen LogP contribution in [0.5, 0.6) is 5.75 Å². The Labute approximate surface area is 155 Å². The van der Waals surface area contributed by atoms with Gasteiger partial charge in [-0.15, -0.1) is 0 Å². The lowest BCUT2D eigenvalue weighted by molar-refractivity contribution is -0.113. The van der Waals surface area contributed by atoms with Gasteiger partial charge >= 0.3 is 7.12 Å². The Morgan fingerprint density at radius 2 is 2.07 bits per heavy atom. The molecule has 0 amide bonds. The number of carbonyl (C=O) groups excluding carboxylic acids is 2. The zero-order valence-corrected chi connectivity index (χ0v) is 14.6. The van der Waals surface area contributed by atoms with Crippen LogP contribution in [0.25, 0.3) is 0 Å². The molecule has 8 nitrogen and oxygen atoms in total. The Morgan fingerprint density at radius 3 is 2.74 bits per heavy atom. The van der Waals surface area contributed by atoms with Gasteiger partial charge in [0, 0.05) is 12.2 Å². The molecule has 0 saturated heterocycles. The lowest BCUT2D eigenvalue weighted by Gasteiger charge is -2.28. The van der Waals surface area contributed by atoms with E-state index in [-0.39, 0.29) is 29.4 Å². The van der Waals surface area contributed by atoms with E-state index in [0.29, 0.717) is 17.7 Å². The summed E-state index contributed by atoms with van der Waals surface area (Å²) < 4.78 is 5.52. The maximum atomic E-state index is 12.6. The molecular weight excluding hydrogens is 349 g/mol. The van der Waals surface area contributed by atoms with Crippen LogP contribution in [0.4, 0.5) is 5.82 Å². The summed E-state index contributed by atoms with van der Waals surface area (Å²) >= 11 is 0. The number of aromatic nitrogens is 1. The summed E-state index contributed by atoms with van der Waals surface area (Å²) in [5.41, 5.74) is 6.63. The van der Waals surface area contributed by atoms with Crippen molar-refractivity contribution in [2.75, 3.05) is 5.73 Å². The van der Waals surface area contributed by atoms with E-state index in [9.17, 15) is 19.8 Å². The molecule has 4 N–H and O–H groups in total. The highest BCUT2D eigenvalue weighted by atomic mass is 16.5. The molecule has 1 aliphatic rings. The molecule has 1 aromatic carbocycles. The Kier molecular flexibility index (Phi) is 5.22. The predicted octanol–water partition coefficient (Wildman–Crippen LogP) is 1.49. The van der Waals surface area contributed by atoms with E-state index in [0.717, 1.165) is 5.56 Å². The number of hydrogen-bond acceptors (Lipinski definition) is 8. The first-order valence-corrected chi connectivity index (χ1v) is 8.36. The Morgan fingerprint density at radius 1 is 1.33 bits per heavy atom. The highest BCUT2D eigenvalue weighted by molar-refractivity contribution is 6.50. The first kappa shape index (κ1) is 18.6. The van der Waals surface area contributed by atoms with E-state index in [2.05, 4.69) is 10.1 Å². The zero-order chi connectivity index (χ0) is 19.6. The summed E-state index contributed by atoms with van der Waals surface area (Å²) in [6.45, 7) is 1.42. The monoisotopic (exact) mass is 367 g/mol. The summed E-state index contributed by atoms with van der Waals surface area (Å²) in [5.74, 6) is -0.710. The van der Waals surface area contributed by atoms with Crippen LogP contribution in [0.1, 0.15) is 35.0 Å². The standard InChI is InChI=1S/C18H18BN3O5/c1-10(23)13-5-2-4-11-8-12(19(25)27-18(11)13)9-15(24)17(22-26)14-6-3-7-16(20)21-14/h2-7,12,25-26H,8-9H2,1H3,(H2,20,21)/b22-17-/t12-/m1/s1. The number of pyridine rings is 1. The minimum absolute atomic E-state index is 0.124. The van der Waals surface area contributed by atoms with E-state index in [4.69, 9.17) is 10.4 Å². The van der Waals surface area contributed by atoms with Crippen LogP contribution in [0.2, 0.25) is 5.82 Å². The van der Waals surface area contributed by atoms with Crippen LogP contribution in [0.3, 0.4) is 0 Å². The maximum Gasteiger partial charge on any atom is 0.526 e. The lowest BCUT2D eigenvalue weighted by Crippen LogP contribution is -2.36. The smallest absolute Gasteiger partial charge is 0.526 e. The van der Waals surface area contributed by atoms with Gasteiger partial charge in [-0.2, -0.15) is 0 Å². The van der Waals surface area contributed by atoms with Crippen molar-refractivity contribution in [3.8, 4) is 5.75 Å². The molecule has 0 bridgehead atoms. The molecule has 0 saturated carbocycles. The van der Waals surface area contributed by atoms with Crippen molar-refractivity contribution < 1.29 is 24.5 Å². The quantitative estimate of drug-likeness (QED) is 0.240. The predicted molar refractivity (Wildman–Crippen MR) is 99.1 cm³/mol. The summed E-state index contributed by atoms with van der Waals surface area (Å²) in [6.07, 6.45) is 0.215. The third-order valence-corrected chi connectivity index (χ3v) is 4.42. The SMILES string of the molecule is CC(=O)c1cccc2c1OB(O)[C@@H](CC(=O)/C(=N\O)c1cccc(N)n1)C2. The van der Waals surface area contributed by atoms with Crippen molar-refractivity contribution in [2.24, 2.45) is 5.16 Å². The second-order valence-corrected chi connectivity index (χ2v) is 6.35. The fraction of sp³-hybridized carbons (Fsp3) is 0.222. The number of rotatable bonds is 5. The number of ketones is 2. The van der Waals surface area contributed by atoms with Gasteiger partial charge in [0.2, 0.25) is 0 Å². The average molecular weight is 367 g/mol. The fourth-order valence-electron chi connectivity index (χ4n) is 3.10. The number of nitrogen functional groups attached to an aromatic ring is 1. The summed E-state index contributed by atoms with van der Waals surface area (Å²) in [6, 6.07) is 9.78. The van der Waals surface area contributed by atoms with Crippen LogP contribution in [-0.4, -0.2) is 39.6 Å². The highest BCUT2D eigenvalue weighted by Crippen LogP contribution is 2.36. The van der Waals surface area contributed by atoms with Gasteiger partial charge in [0.15, 0.2) is 17.3 Å². The van der Waals surface area contributed by atoms with Crippen LogP contribution in [0, 0.1) is 0 Å². The van der Waals surface area contributed by atoms with Crippen LogP contribution in [0.15, 0.2) is 41.6 Å². The third kappa shape index (κ3) is 3.82. The molecule has 0 fully saturated rings. The topological polar surface area (TPSA) is 135 Å². The van der Waals surface area contributed by atoms with Gasteiger partial charge in [-0.05, 0) is 37.1 Å². The van der Waals surface area contributed by atoms with Crippen molar-refractivity contribution in [3.05, 3.63) is 53.2 Å². The van der Waals surface area contributed by atoms with Gasteiger partial charge in [-0.1, -0.05) is 23.4 Å². The number of nitrogens with two attached hydrogens (primary N) is 1. The molecular formula is C18H18BN3O5. The molecule has 1 atom stereocenters. The van der Waals surface area contributed by atoms with Gasteiger partial charge in [0.25, 0.3) is 0 Å². The minimum atomic E-state index is -1.27. The number of oxime groups is 1. The van der Waals surface area contributed by atoms with Crippen molar-refractivity contribution in [3.63, 3.8) is 0 Å². The van der Waals surface area contributed by atoms with Crippen LogP contribution in [-0.2, 0) is 11.2 Å². The van der Waals surface area contributed by atoms with E-state index in [1.54, 1.807) is 30.3 Å². The molecule has 1 aliphatic heterocycles. The molecule has 0 unspecified atom stereocenters. The molecule has 2 aromatic rings. The molecule has 3 rings (SSSR count). The number of para-hydroxylation sites is 1. The fourth-order valence-corrected chi connectivity index (χ4v) is 3.10. The van der Waals surface area contributed by atoms with Crippen LogP contribution >= 0.6 is 0 Å². The van der Waals surface area contributed by atoms with Crippen molar-refractivity contribution in [1.29, 1.82) is 0 Å². The van der Waals surface area contributed by atoms with E-state index >= 15 is 0 Å². The van der Waals surface area contributed by atoms with E-state index in [1.165, 1.54) is 13.0 Å². The maximum absolute atomic E-state index is 12.6. The molecule has 0 radical (unpaired) electrons. The third-order valence-electron chi connectivity index (χ3n) is 4.42. The molecule has 1 aromatic heterocycles.